The van der Waals surface area contributed by atoms with Crippen LogP contribution in [0.3, 0.4) is 0 Å². The Kier molecular flexibility index (Phi) is 8.28. The number of para-hydroxylation sites is 1. The molecule has 0 saturated heterocycles. The minimum absolute atomic E-state index is 0.00452. The van der Waals surface area contributed by atoms with Crippen LogP contribution in [0.5, 0.6) is 11.5 Å². The summed E-state index contributed by atoms with van der Waals surface area (Å²) in [6, 6.07) is 26.9. The highest BCUT2D eigenvalue weighted by Crippen LogP contribution is 2.33. The lowest BCUT2D eigenvalue weighted by molar-refractivity contribution is -0.116. The van der Waals surface area contributed by atoms with Crippen molar-refractivity contribution in [2.24, 2.45) is 0 Å². The number of hydrogen-bond donors (Lipinski definition) is 1. The van der Waals surface area contributed by atoms with E-state index < -0.39 is 0 Å². The Hall–Kier alpha value is -4.83. The minimum atomic E-state index is -0.225. The van der Waals surface area contributed by atoms with Crippen molar-refractivity contribution in [3.8, 4) is 17.2 Å². The van der Waals surface area contributed by atoms with Gasteiger partial charge in [0.25, 0.3) is 5.91 Å². The van der Waals surface area contributed by atoms with E-state index in [0.717, 1.165) is 29.3 Å². The second-order valence-corrected chi connectivity index (χ2v) is 11.0. The van der Waals surface area contributed by atoms with Gasteiger partial charge in [-0.1, -0.05) is 66.4 Å². The topological polar surface area (TPSA) is 98.6 Å². The molecule has 1 aliphatic rings. The number of benzene rings is 4. The molecule has 2 amide bonds. The molecule has 218 valence electrons. The van der Waals surface area contributed by atoms with Gasteiger partial charge >= 0.3 is 0 Å². The summed E-state index contributed by atoms with van der Waals surface area (Å²) in [6.45, 7) is 0.779. The van der Waals surface area contributed by atoms with Gasteiger partial charge < -0.3 is 19.7 Å². The van der Waals surface area contributed by atoms with Crippen LogP contribution in [0.2, 0.25) is 0 Å². The Morgan fingerprint density at radius 3 is 2.58 bits per heavy atom. The number of amides is 2. The van der Waals surface area contributed by atoms with E-state index in [2.05, 4.69) is 21.6 Å². The maximum Gasteiger partial charge on any atom is 0.252 e. The molecule has 0 saturated carbocycles. The number of hydrogen-bond acceptors (Lipinski definition) is 7. The third-order valence-electron chi connectivity index (χ3n) is 7.50. The fourth-order valence-corrected chi connectivity index (χ4v) is 6.24. The van der Waals surface area contributed by atoms with Crippen LogP contribution in [0.1, 0.15) is 28.2 Å². The standard InChI is InChI=1S/C33H31N5O4S/c1-41-24-16-17-29(42-2)28(19-24)38-30(20-34-32(40)26-14-7-11-22-9-3-5-13-25(22)26)35-36-33(38)43-21-31(39)37-18-8-12-23-10-4-6-15-27(23)37/h3-7,9-11,13-17,19H,8,12,18,20-21H2,1-2H3,(H,34,40). The van der Waals surface area contributed by atoms with Crippen LogP contribution in [0.15, 0.2) is 90.1 Å². The van der Waals surface area contributed by atoms with Crippen LogP contribution in [-0.2, 0) is 17.8 Å². The first-order valence-corrected chi connectivity index (χ1v) is 15.0. The number of nitrogens with zero attached hydrogens (tertiary/aromatic N) is 4. The van der Waals surface area contributed by atoms with Crippen LogP contribution in [0.4, 0.5) is 5.69 Å². The number of rotatable bonds is 9. The van der Waals surface area contributed by atoms with Crippen molar-refractivity contribution in [1.29, 1.82) is 0 Å². The zero-order valence-corrected chi connectivity index (χ0v) is 24.8. The number of aromatic nitrogens is 3. The number of carbonyl (C=O) groups is 2. The molecule has 0 spiro atoms. The van der Waals surface area contributed by atoms with Crippen LogP contribution >= 0.6 is 11.8 Å². The van der Waals surface area contributed by atoms with E-state index in [0.29, 0.717) is 40.3 Å². The number of fused-ring (bicyclic) bond motifs is 2. The molecular formula is C33H31N5O4S. The van der Waals surface area contributed by atoms with Gasteiger partial charge in [0.05, 0.1) is 32.2 Å². The quantitative estimate of drug-likeness (QED) is 0.227. The van der Waals surface area contributed by atoms with Crippen molar-refractivity contribution >= 4 is 40.0 Å². The highest BCUT2D eigenvalue weighted by Gasteiger charge is 2.25. The zero-order valence-electron chi connectivity index (χ0n) is 23.9. The van der Waals surface area contributed by atoms with Crippen molar-refractivity contribution in [3.63, 3.8) is 0 Å². The number of nitrogens with one attached hydrogen (secondary N) is 1. The van der Waals surface area contributed by atoms with E-state index in [1.54, 1.807) is 32.4 Å². The van der Waals surface area contributed by atoms with Gasteiger partial charge in [0.1, 0.15) is 11.5 Å². The number of carbonyl (C=O) groups excluding carboxylic acids is 2. The van der Waals surface area contributed by atoms with Crippen LogP contribution in [-0.4, -0.2) is 53.1 Å². The van der Waals surface area contributed by atoms with Crippen molar-refractivity contribution in [1.82, 2.24) is 20.1 Å². The average Bonchev–Trinajstić information content (AvgIpc) is 3.47. The van der Waals surface area contributed by atoms with Gasteiger partial charge in [-0.25, -0.2) is 0 Å². The Bertz CT molecular complexity index is 1800. The molecule has 9 nitrogen and oxygen atoms in total. The van der Waals surface area contributed by atoms with E-state index in [4.69, 9.17) is 9.47 Å². The van der Waals surface area contributed by atoms with Crippen molar-refractivity contribution in [3.05, 3.63) is 102 Å². The smallest absolute Gasteiger partial charge is 0.252 e. The minimum Gasteiger partial charge on any atom is -0.497 e. The number of ether oxygens (including phenoxy) is 2. The maximum atomic E-state index is 13.4. The van der Waals surface area contributed by atoms with Crippen molar-refractivity contribution in [2.75, 3.05) is 31.4 Å². The molecule has 43 heavy (non-hydrogen) atoms. The van der Waals surface area contributed by atoms with Crippen molar-refractivity contribution < 1.29 is 19.1 Å². The van der Waals surface area contributed by atoms with Gasteiger partial charge in [0, 0.05) is 23.9 Å². The lowest BCUT2D eigenvalue weighted by Gasteiger charge is -2.29. The van der Waals surface area contributed by atoms with E-state index in [1.807, 2.05) is 70.1 Å². The molecule has 1 aromatic heterocycles. The molecule has 2 heterocycles. The number of methoxy groups -OCH3 is 2. The summed E-state index contributed by atoms with van der Waals surface area (Å²) in [5.41, 5.74) is 3.36. The van der Waals surface area contributed by atoms with Crippen molar-refractivity contribution in [2.45, 2.75) is 24.5 Å². The fourth-order valence-electron chi connectivity index (χ4n) is 5.40. The van der Waals surface area contributed by atoms with Gasteiger partial charge in [0.15, 0.2) is 11.0 Å². The monoisotopic (exact) mass is 593 g/mol. The largest absolute Gasteiger partial charge is 0.497 e. The Morgan fingerprint density at radius 2 is 1.72 bits per heavy atom. The van der Waals surface area contributed by atoms with E-state index >= 15 is 0 Å². The van der Waals surface area contributed by atoms with E-state index in [-0.39, 0.29) is 24.1 Å². The molecule has 6 rings (SSSR count). The number of thioether (sulfide) groups is 1. The molecule has 1 aliphatic heterocycles. The maximum absolute atomic E-state index is 13.4. The summed E-state index contributed by atoms with van der Waals surface area (Å²) in [4.78, 5) is 28.6. The number of anilines is 1. The van der Waals surface area contributed by atoms with Gasteiger partial charge in [-0.15, -0.1) is 10.2 Å². The summed E-state index contributed by atoms with van der Waals surface area (Å²) in [7, 11) is 3.18. The molecule has 0 fully saturated rings. The Balaban J connectivity index is 1.29. The fraction of sp³-hybridized carbons (Fsp3) is 0.212. The Morgan fingerprint density at radius 1 is 0.907 bits per heavy atom. The Labute approximate surface area is 253 Å². The molecule has 0 radical (unpaired) electrons. The SMILES string of the molecule is COc1ccc(OC)c(-n2c(CNC(=O)c3cccc4ccccc34)nnc2SCC(=O)N2CCCc3ccccc32)c1. The molecule has 0 bridgehead atoms. The molecule has 10 heteroatoms. The first-order chi connectivity index (χ1) is 21.1. The third-order valence-corrected chi connectivity index (χ3v) is 8.42. The number of aryl methyl sites for hydroxylation is 1. The lowest BCUT2D eigenvalue weighted by Crippen LogP contribution is -2.36. The second kappa shape index (κ2) is 12.6. The molecule has 0 unspecified atom stereocenters. The van der Waals surface area contributed by atoms with Crippen LogP contribution in [0, 0.1) is 0 Å². The molecule has 0 aliphatic carbocycles. The third kappa shape index (κ3) is 5.78. The summed E-state index contributed by atoms with van der Waals surface area (Å²) in [5, 5.41) is 14.2. The van der Waals surface area contributed by atoms with Crippen LogP contribution in [0.25, 0.3) is 16.5 Å². The van der Waals surface area contributed by atoms with Gasteiger partial charge in [0.2, 0.25) is 5.91 Å². The first kappa shape index (κ1) is 28.3. The second-order valence-electron chi connectivity index (χ2n) is 10.0. The van der Waals surface area contributed by atoms with Gasteiger partial charge in [-0.05, 0) is 53.4 Å². The summed E-state index contributed by atoms with van der Waals surface area (Å²) < 4.78 is 13.0. The van der Waals surface area contributed by atoms with Gasteiger partial charge in [-0.2, -0.15) is 0 Å². The molecule has 0 atom stereocenters. The molecular weight excluding hydrogens is 562 g/mol. The molecule has 5 aromatic rings. The lowest BCUT2D eigenvalue weighted by atomic mass is 10.0. The van der Waals surface area contributed by atoms with Gasteiger partial charge in [-0.3, -0.25) is 14.2 Å². The summed E-state index contributed by atoms with van der Waals surface area (Å²) in [5.74, 6) is 1.61. The predicted octanol–water partition coefficient (Wildman–Crippen LogP) is 5.44. The highest BCUT2D eigenvalue weighted by molar-refractivity contribution is 7.99. The average molecular weight is 594 g/mol. The highest BCUT2D eigenvalue weighted by atomic mass is 32.2. The normalized spacial score (nSPS) is 12.6. The molecule has 4 aromatic carbocycles. The summed E-state index contributed by atoms with van der Waals surface area (Å²) >= 11 is 1.29. The predicted molar refractivity (Wildman–Crippen MR) is 167 cm³/mol. The molecule has 1 N–H and O–H groups in total. The first-order valence-electron chi connectivity index (χ1n) is 14.0. The summed E-state index contributed by atoms with van der Waals surface area (Å²) in [6.07, 6.45) is 1.88. The zero-order chi connectivity index (χ0) is 29.8. The van der Waals surface area contributed by atoms with E-state index in [1.165, 1.54) is 17.3 Å². The van der Waals surface area contributed by atoms with Crippen LogP contribution < -0.4 is 19.7 Å². The van der Waals surface area contributed by atoms with E-state index in [9.17, 15) is 9.59 Å².